The van der Waals surface area contributed by atoms with Crippen molar-refractivity contribution < 1.29 is 19.4 Å². The number of aromatic nitrogens is 2. The molecule has 0 radical (unpaired) electrons. The zero-order chi connectivity index (χ0) is 21.3. The Hall–Kier alpha value is -2.38. The number of carbonyl (C=O) groups is 1. The highest BCUT2D eigenvalue weighted by atomic mass is 16.5. The lowest BCUT2D eigenvalue weighted by Gasteiger charge is -2.35. The van der Waals surface area contributed by atoms with Crippen molar-refractivity contribution in [2.24, 2.45) is 11.8 Å². The summed E-state index contributed by atoms with van der Waals surface area (Å²) in [6, 6.07) is 6.96. The Morgan fingerprint density at radius 1 is 1.30 bits per heavy atom. The molecule has 162 valence electrons. The van der Waals surface area contributed by atoms with Crippen molar-refractivity contribution in [2.45, 2.75) is 51.9 Å². The summed E-state index contributed by atoms with van der Waals surface area (Å²) < 4.78 is 10.9. The van der Waals surface area contributed by atoms with Gasteiger partial charge in [0.2, 0.25) is 0 Å². The molecular formula is C23H31N3O4. The van der Waals surface area contributed by atoms with Gasteiger partial charge in [-0.25, -0.2) is 9.78 Å². The van der Waals surface area contributed by atoms with E-state index in [1.54, 1.807) is 18.2 Å². The summed E-state index contributed by atoms with van der Waals surface area (Å²) in [6.45, 7) is 7.01. The van der Waals surface area contributed by atoms with Crippen LogP contribution in [0, 0.1) is 18.8 Å². The number of hydrogen-bond donors (Lipinski definition) is 2. The molecule has 1 aromatic carbocycles. The molecule has 30 heavy (non-hydrogen) atoms. The molecule has 4 rings (SSSR count). The molecule has 2 N–H and O–H groups in total. The summed E-state index contributed by atoms with van der Waals surface area (Å²) in [4.78, 5) is 22.3. The second-order valence-corrected chi connectivity index (χ2v) is 8.54. The molecule has 4 atom stereocenters. The highest BCUT2D eigenvalue weighted by Gasteiger charge is 2.42. The number of nitrogens with one attached hydrogen (secondary N) is 1. The van der Waals surface area contributed by atoms with E-state index in [0.29, 0.717) is 23.1 Å². The Labute approximate surface area is 177 Å². The first-order valence-electron chi connectivity index (χ1n) is 10.8. The van der Waals surface area contributed by atoms with Crippen molar-refractivity contribution in [3.05, 3.63) is 47.0 Å². The molecule has 7 nitrogen and oxygen atoms in total. The third kappa shape index (κ3) is 4.37. The lowest BCUT2D eigenvalue weighted by Crippen LogP contribution is -2.42. The van der Waals surface area contributed by atoms with Crippen molar-refractivity contribution in [3.8, 4) is 5.75 Å². The zero-order valence-corrected chi connectivity index (χ0v) is 17.9. The molecule has 1 aliphatic heterocycles. The molecule has 0 bridgehead atoms. The number of imidazole rings is 1. The summed E-state index contributed by atoms with van der Waals surface area (Å²) in [5, 5.41) is 10.7. The molecule has 7 heteroatoms. The number of methoxy groups -OCH3 is 1. The Morgan fingerprint density at radius 3 is 2.77 bits per heavy atom. The summed E-state index contributed by atoms with van der Waals surface area (Å²) in [6.07, 6.45) is 1.69. The van der Waals surface area contributed by atoms with Crippen LogP contribution in [-0.2, 0) is 17.7 Å². The molecule has 0 amide bonds. The van der Waals surface area contributed by atoms with Gasteiger partial charge in [0.05, 0.1) is 24.5 Å². The second kappa shape index (κ2) is 8.78. The number of hydrogen-bond acceptors (Lipinski definition) is 6. The van der Waals surface area contributed by atoms with E-state index >= 15 is 0 Å². The number of nitrogens with zero attached hydrogens (tertiary/aromatic N) is 2. The van der Waals surface area contributed by atoms with Gasteiger partial charge in [-0.15, -0.1) is 0 Å². The number of aryl methyl sites for hydroxylation is 2. The minimum Gasteiger partial charge on any atom is -0.488 e. The van der Waals surface area contributed by atoms with Gasteiger partial charge in [-0.1, -0.05) is 13.0 Å². The van der Waals surface area contributed by atoms with E-state index in [4.69, 9.17) is 14.5 Å². The molecule has 1 aromatic heterocycles. The monoisotopic (exact) mass is 413 g/mol. The van der Waals surface area contributed by atoms with E-state index in [-0.39, 0.29) is 6.10 Å². The van der Waals surface area contributed by atoms with E-state index in [0.717, 1.165) is 56.1 Å². The smallest absolute Gasteiger partial charge is 0.337 e. The highest BCUT2D eigenvalue weighted by Crippen LogP contribution is 2.38. The molecule has 0 spiro atoms. The predicted octanol–water partition coefficient (Wildman–Crippen LogP) is 2.72. The van der Waals surface area contributed by atoms with Crippen LogP contribution in [0.15, 0.2) is 24.3 Å². The van der Waals surface area contributed by atoms with Crippen molar-refractivity contribution >= 4 is 5.97 Å². The third-order valence-electron chi connectivity index (χ3n) is 6.45. The maximum atomic E-state index is 11.8. The standard InChI is InChI=1S/C23H31N3O4/c1-4-22-24-14(2)19(25-22)13-26-11-16-9-20(27)21(10-17(16)12-26)30-18-7-5-6-15(8-18)23(28)29-3/h5-8,16-17,20-21,27H,4,9-13H2,1-3H3,(H,24,25)/t16-,17+,20+,21+/m0/s1. The van der Waals surface area contributed by atoms with Gasteiger partial charge in [0, 0.05) is 31.7 Å². The number of benzene rings is 1. The van der Waals surface area contributed by atoms with Crippen molar-refractivity contribution in [2.75, 3.05) is 20.2 Å². The molecule has 2 fully saturated rings. The predicted molar refractivity (Wildman–Crippen MR) is 112 cm³/mol. The highest BCUT2D eigenvalue weighted by molar-refractivity contribution is 5.89. The number of esters is 1. The summed E-state index contributed by atoms with van der Waals surface area (Å²) in [5.74, 6) is 2.21. The number of H-pyrrole nitrogens is 1. The zero-order valence-electron chi connectivity index (χ0n) is 17.9. The van der Waals surface area contributed by atoms with Crippen LogP contribution in [0.1, 0.15) is 47.3 Å². The molecule has 1 aliphatic carbocycles. The topological polar surface area (TPSA) is 87.7 Å². The number of likely N-dealkylation sites (tertiary alicyclic amines) is 1. The van der Waals surface area contributed by atoms with Crippen LogP contribution in [-0.4, -0.2) is 58.4 Å². The first-order valence-corrected chi connectivity index (χ1v) is 10.8. The fourth-order valence-electron chi connectivity index (χ4n) is 4.83. The van der Waals surface area contributed by atoms with Crippen LogP contribution in [0.5, 0.6) is 5.75 Å². The number of rotatable bonds is 6. The van der Waals surface area contributed by atoms with Crippen LogP contribution in [0.2, 0.25) is 0 Å². The van der Waals surface area contributed by atoms with Crippen LogP contribution in [0.4, 0.5) is 0 Å². The molecule has 1 saturated heterocycles. The molecular weight excluding hydrogens is 382 g/mol. The van der Waals surface area contributed by atoms with Crippen LogP contribution >= 0.6 is 0 Å². The lowest BCUT2D eigenvalue weighted by molar-refractivity contribution is -0.0231. The van der Waals surface area contributed by atoms with Gasteiger partial charge < -0.3 is 19.6 Å². The Morgan fingerprint density at radius 2 is 2.07 bits per heavy atom. The largest absolute Gasteiger partial charge is 0.488 e. The van der Waals surface area contributed by atoms with E-state index in [9.17, 15) is 9.90 Å². The second-order valence-electron chi connectivity index (χ2n) is 8.54. The van der Waals surface area contributed by atoms with Gasteiger partial charge in [-0.3, -0.25) is 4.90 Å². The average Bonchev–Trinajstić information content (AvgIpc) is 3.30. The SMILES string of the molecule is CCc1nc(CN2C[C@H]3C[C@@H](Oc4cccc(C(=O)OC)c4)[C@H](O)C[C@H]3C2)c(C)[nH]1. The van der Waals surface area contributed by atoms with Crippen LogP contribution in [0.25, 0.3) is 0 Å². The fourth-order valence-corrected chi connectivity index (χ4v) is 4.83. The Balaban J connectivity index is 1.38. The van der Waals surface area contributed by atoms with E-state index in [2.05, 4.69) is 23.7 Å². The minimum atomic E-state index is -0.508. The molecule has 0 unspecified atom stereocenters. The number of ether oxygens (including phenoxy) is 2. The number of fused-ring (bicyclic) bond motifs is 1. The van der Waals surface area contributed by atoms with E-state index in [1.807, 2.05) is 6.07 Å². The van der Waals surface area contributed by atoms with Crippen LogP contribution in [0.3, 0.4) is 0 Å². The third-order valence-corrected chi connectivity index (χ3v) is 6.45. The van der Waals surface area contributed by atoms with Crippen molar-refractivity contribution in [3.63, 3.8) is 0 Å². The first kappa shape index (κ1) is 20.9. The van der Waals surface area contributed by atoms with Gasteiger partial charge in [0.25, 0.3) is 0 Å². The van der Waals surface area contributed by atoms with Crippen molar-refractivity contribution in [1.29, 1.82) is 0 Å². The van der Waals surface area contributed by atoms with Gasteiger partial charge in [-0.2, -0.15) is 0 Å². The van der Waals surface area contributed by atoms with Gasteiger partial charge in [-0.05, 0) is 49.8 Å². The molecule has 2 aliphatic rings. The number of aliphatic hydroxyl groups is 1. The number of aromatic amines is 1. The van der Waals surface area contributed by atoms with Crippen LogP contribution < -0.4 is 4.74 Å². The van der Waals surface area contributed by atoms with Crippen molar-refractivity contribution in [1.82, 2.24) is 14.9 Å². The minimum absolute atomic E-state index is 0.266. The molecule has 1 saturated carbocycles. The summed E-state index contributed by atoms with van der Waals surface area (Å²) >= 11 is 0. The average molecular weight is 414 g/mol. The molecule has 2 aromatic rings. The Bertz CT molecular complexity index is 896. The summed E-state index contributed by atoms with van der Waals surface area (Å²) in [7, 11) is 1.36. The molecule has 2 heterocycles. The quantitative estimate of drug-likeness (QED) is 0.708. The maximum absolute atomic E-state index is 11.8. The maximum Gasteiger partial charge on any atom is 0.337 e. The summed E-state index contributed by atoms with van der Waals surface area (Å²) in [5.41, 5.74) is 2.72. The lowest BCUT2D eigenvalue weighted by atomic mass is 9.78. The van der Waals surface area contributed by atoms with E-state index in [1.165, 1.54) is 7.11 Å². The first-order chi connectivity index (χ1) is 14.5. The van der Waals surface area contributed by atoms with Gasteiger partial charge >= 0.3 is 5.97 Å². The van der Waals surface area contributed by atoms with Gasteiger partial charge in [0.1, 0.15) is 17.7 Å². The Kier molecular flexibility index (Phi) is 6.11. The number of carbonyl (C=O) groups excluding carboxylic acids is 1. The van der Waals surface area contributed by atoms with Gasteiger partial charge in [0.15, 0.2) is 0 Å². The fraction of sp³-hybridized carbons (Fsp3) is 0.565. The number of aliphatic hydroxyl groups excluding tert-OH is 1. The van der Waals surface area contributed by atoms with E-state index < -0.39 is 12.1 Å². The normalized spacial score (nSPS) is 26.4.